The van der Waals surface area contributed by atoms with Crippen LogP contribution in [0, 0.1) is 0 Å². The lowest BCUT2D eigenvalue weighted by Gasteiger charge is -2.34. The van der Waals surface area contributed by atoms with Crippen molar-refractivity contribution >= 4 is 93.3 Å². The molecule has 62 heavy (non-hydrogen) atoms. The van der Waals surface area contributed by atoms with E-state index in [1.165, 1.54) is 93.0 Å². The molecule has 0 unspecified atom stereocenters. The average Bonchev–Trinajstić information content (AvgIpc) is 3.97. The number of benzene rings is 10. The Labute approximate surface area is 356 Å². The van der Waals surface area contributed by atoms with Crippen LogP contribution < -0.4 is 4.90 Å². The third-order valence-electron chi connectivity index (χ3n) is 13.3. The molecule has 0 atom stereocenters. The smallest absolute Gasteiger partial charge is 0.0562 e. The van der Waals surface area contributed by atoms with E-state index < -0.39 is 0 Å². The molecule has 10 aromatic carbocycles. The molecule has 0 N–H and O–H groups in total. The number of rotatable bonds is 4. The van der Waals surface area contributed by atoms with Crippen LogP contribution in [-0.4, -0.2) is 13.7 Å². The predicted octanol–water partition coefficient (Wildman–Crippen LogP) is 15.6. The zero-order chi connectivity index (χ0) is 40.5. The summed E-state index contributed by atoms with van der Waals surface area (Å²) in [6.45, 7) is 0. The molecule has 4 heteroatoms. The van der Waals surface area contributed by atoms with Gasteiger partial charge in [-0.2, -0.15) is 0 Å². The lowest BCUT2D eigenvalue weighted by atomic mass is 9.89. The van der Waals surface area contributed by atoms with E-state index in [1.54, 1.807) is 0 Å². The first-order valence-corrected chi connectivity index (χ1v) is 21.4. The first kappa shape index (κ1) is 33.5. The van der Waals surface area contributed by atoms with Gasteiger partial charge in [-0.15, -0.1) is 0 Å². The first-order valence-electron chi connectivity index (χ1n) is 21.4. The number of anilines is 3. The van der Waals surface area contributed by atoms with Crippen LogP contribution in [0.5, 0.6) is 0 Å². The molecule has 288 valence electrons. The number of hydrogen-bond acceptors (Lipinski definition) is 1. The topological polar surface area (TPSA) is 18.0 Å². The highest BCUT2D eigenvalue weighted by atomic mass is 15.2. The van der Waals surface area contributed by atoms with Gasteiger partial charge in [0.05, 0.1) is 44.5 Å². The van der Waals surface area contributed by atoms with E-state index in [4.69, 9.17) is 0 Å². The molecule has 1 aliphatic heterocycles. The number of nitrogens with zero attached hydrogens (tertiary/aromatic N) is 4. The maximum atomic E-state index is 2.50. The minimum atomic E-state index is 1.11. The number of fused-ring (bicyclic) bond motifs is 11. The fourth-order valence-electron chi connectivity index (χ4n) is 10.8. The molecule has 3 aromatic heterocycles. The van der Waals surface area contributed by atoms with Gasteiger partial charge in [-0.3, -0.25) is 0 Å². The maximum absolute atomic E-state index is 2.50. The Kier molecular flexibility index (Phi) is 6.80. The van der Waals surface area contributed by atoms with Crippen LogP contribution >= 0.6 is 0 Å². The van der Waals surface area contributed by atoms with Crippen molar-refractivity contribution in [3.63, 3.8) is 0 Å². The van der Waals surface area contributed by atoms with E-state index in [0.717, 1.165) is 28.4 Å². The van der Waals surface area contributed by atoms with Crippen molar-refractivity contribution in [3.8, 4) is 28.2 Å². The summed E-state index contributed by atoms with van der Waals surface area (Å²) in [5.41, 5.74) is 16.5. The van der Waals surface area contributed by atoms with E-state index in [0.29, 0.717) is 0 Å². The SMILES string of the molecule is c1cc(N2c3cc4c(cc3-c3cccc5cccc2c35)c2ccccc2n4-c2cccc(-n3c4ccccc4c4ccccc43)c2)cc(-n2c3ccccc3c3ccccc32)c1. The zero-order valence-electron chi connectivity index (χ0n) is 33.6. The van der Waals surface area contributed by atoms with Gasteiger partial charge in [-0.05, 0) is 95.9 Å². The number of para-hydroxylation sites is 5. The summed E-state index contributed by atoms with van der Waals surface area (Å²) < 4.78 is 7.29. The normalized spacial score (nSPS) is 12.5. The minimum Gasteiger partial charge on any atom is -0.309 e. The van der Waals surface area contributed by atoms with Crippen molar-refractivity contribution in [1.29, 1.82) is 0 Å². The summed E-state index contributed by atoms with van der Waals surface area (Å²) in [6.07, 6.45) is 0. The summed E-state index contributed by atoms with van der Waals surface area (Å²) >= 11 is 0. The lowest BCUT2D eigenvalue weighted by Crippen LogP contribution is -2.15. The van der Waals surface area contributed by atoms with E-state index in [1.807, 2.05) is 0 Å². The second-order valence-corrected chi connectivity index (χ2v) is 16.5. The van der Waals surface area contributed by atoms with Gasteiger partial charge in [0.25, 0.3) is 0 Å². The Balaban J connectivity index is 1.03. The summed E-state index contributed by atoms with van der Waals surface area (Å²) in [6, 6.07) is 80.4. The molecule has 0 fully saturated rings. The quantitative estimate of drug-likeness (QED) is 0.174. The standard InChI is InChI=1S/C58H36N4/c1-6-27-50-42(21-1)43-22-2-7-28-51(43)59(50)38-17-13-19-40(33-38)61-54-31-10-5-25-46(54)48-35-49-47-26-11-15-37-16-12-32-55(58(37)47)62(57(49)36-56(48)61)41-20-14-18-39(34-41)60-52-29-8-3-23-44(52)45-24-4-9-30-53(45)60/h1-36H. The third kappa shape index (κ3) is 4.55. The van der Waals surface area contributed by atoms with Gasteiger partial charge >= 0.3 is 0 Å². The molecule has 14 rings (SSSR count). The van der Waals surface area contributed by atoms with Crippen LogP contribution in [0.1, 0.15) is 0 Å². The van der Waals surface area contributed by atoms with Crippen LogP contribution in [0.4, 0.5) is 17.1 Å². The van der Waals surface area contributed by atoms with Crippen LogP contribution in [0.3, 0.4) is 0 Å². The average molecular weight is 789 g/mol. The summed E-state index contributed by atoms with van der Waals surface area (Å²) in [4.78, 5) is 2.50. The third-order valence-corrected chi connectivity index (χ3v) is 13.3. The molecule has 13 aromatic rings. The van der Waals surface area contributed by atoms with Crippen molar-refractivity contribution < 1.29 is 0 Å². The van der Waals surface area contributed by atoms with Crippen LogP contribution in [0.15, 0.2) is 218 Å². The van der Waals surface area contributed by atoms with Crippen LogP contribution in [0.2, 0.25) is 0 Å². The molecule has 0 spiro atoms. The molecule has 0 saturated carbocycles. The molecule has 0 radical (unpaired) electrons. The van der Waals surface area contributed by atoms with E-state index in [9.17, 15) is 0 Å². The molecule has 0 aliphatic carbocycles. The van der Waals surface area contributed by atoms with E-state index in [2.05, 4.69) is 237 Å². The van der Waals surface area contributed by atoms with Gasteiger partial charge in [0.1, 0.15) is 0 Å². The number of aromatic nitrogens is 3. The van der Waals surface area contributed by atoms with Gasteiger partial charge in [0, 0.05) is 66.0 Å². The second kappa shape index (κ2) is 12.6. The Bertz CT molecular complexity index is 3900. The van der Waals surface area contributed by atoms with Gasteiger partial charge in [0.2, 0.25) is 0 Å². The van der Waals surface area contributed by atoms with Crippen molar-refractivity contribution in [1.82, 2.24) is 13.7 Å². The van der Waals surface area contributed by atoms with Gasteiger partial charge < -0.3 is 18.6 Å². The Morgan fingerprint density at radius 1 is 0.242 bits per heavy atom. The van der Waals surface area contributed by atoms with Crippen molar-refractivity contribution in [2.24, 2.45) is 0 Å². The van der Waals surface area contributed by atoms with E-state index >= 15 is 0 Å². The highest BCUT2D eigenvalue weighted by molar-refractivity contribution is 6.19. The van der Waals surface area contributed by atoms with E-state index in [-0.39, 0.29) is 0 Å². The molecular formula is C58H36N4. The van der Waals surface area contributed by atoms with Crippen LogP contribution in [0.25, 0.3) is 104 Å². The molecule has 1 aliphatic rings. The van der Waals surface area contributed by atoms with Gasteiger partial charge in [0.15, 0.2) is 0 Å². The van der Waals surface area contributed by atoms with Gasteiger partial charge in [-0.1, -0.05) is 133 Å². The summed E-state index contributed by atoms with van der Waals surface area (Å²) in [5, 5.41) is 10.0. The Hall–Kier alpha value is -8.34. The Morgan fingerprint density at radius 3 is 1.16 bits per heavy atom. The highest BCUT2D eigenvalue weighted by Gasteiger charge is 2.29. The van der Waals surface area contributed by atoms with Crippen molar-refractivity contribution in [2.45, 2.75) is 0 Å². The fourth-order valence-corrected chi connectivity index (χ4v) is 10.8. The zero-order valence-corrected chi connectivity index (χ0v) is 33.6. The molecule has 0 amide bonds. The van der Waals surface area contributed by atoms with Crippen molar-refractivity contribution in [3.05, 3.63) is 218 Å². The first-order chi connectivity index (χ1) is 30.8. The van der Waals surface area contributed by atoms with Crippen LogP contribution in [-0.2, 0) is 0 Å². The predicted molar refractivity (Wildman–Crippen MR) is 261 cm³/mol. The summed E-state index contributed by atoms with van der Waals surface area (Å²) in [5.74, 6) is 0. The van der Waals surface area contributed by atoms with Gasteiger partial charge in [-0.25, -0.2) is 0 Å². The molecule has 4 nitrogen and oxygen atoms in total. The minimum absolute atomic E-state index is 1.11. The monoisotopic (exact) mass is 788 g/mol. The highest BCUT2D eigenvalue weighted by Crippen LogP contribution is 2.53. The molecular weight excluding hydrogens is 753 g/mol. The molecule has 4 heterocycles. The Morgan fingerprint density at radius 2 is 0.645 bits per heavy atom. The van der Waals surface area contributed by atoms with Crippen molar-refractivity contribution in [2.75, 3.05) is 4.90 Å². The largest absolute Gasteiger partial charge is 0.309 e. The summed E-state index contributed by atoms with van der Waals surface area (Å²) in [7, 11) is 0. The molecule has 0 bridgehead atoms. The second-order valence-electron chi connectivity index (χ2n) is 16.5. The fraction of sp³-hybridized carbons (Fsp3) is 0. The maximum Gasteiger partial charge on any atom is 0.0562 e. The number of hydrogen-bond donors (Lipinski definition) is 0. The molecule has 0 saturated heterocycles. The lowest BCUT2D eigenvalue weighted by molar-refractivity contribution is 1.13.